The predicted octanol–water partition coefficient (Wildman–Crippen LogP) is 3.11. The Morgan fingerprint density at radius 1 is 1.24 bits per heavy atom. The first-order valence-electron chi connectivity index (χ1n) is 6.31. The van der Waals surface area contributed by atoms with Gasteiger partial charge in [0.1, 0.15) is 5.69 Å². The zero-order valence-corrected chi connectivity index (χ0v) is 11.2. The number of fused-ring (bicyclic) bond motifs is 1. The number of nitro benzene ring substituents is 1. The van der Waals surface area contributed by atoms with E-state index in [-0.39, 0.29) is 11.5 Å². The molecule has 0 saturated heterocycles. The summed E-state index contributed by atoms with van der Waals surface area (Å²) in [5.41, 5.74) is 2.14. The van der Waals surface area contributed by atoms with Crippen LogP contribution in [-0.2, 0) is 0 Å². The molecule has 0 saturated carbocycles. The number of carbonyl (C=O) groups is 1. The van der Waals surface area contributed by atoms with E-state index in [2.05, 4.69) is 5.10 Å². The molecule has 0 amide bonds. The summed E-state index contributed by atoms with van der Waals surface area (Å²) in [6.07, 6.45) is 1.74. The van der Waals surface area contributed by atoms with Crippen LogP contribution in [0.15, 0.2) is 48.7 Å². The van der Waals surface area contributed by atoms with Crippen molar-refractivity contribution in [1.29, 1.82) is 0 Å². The van der Waals surface area contributed by atoms with Crippen LogP contribution in [0.3, 0.4) is 0 Å². The molecule has 0 spiro atoms. The predicted molar refractivity (Wildman–Crippen MR) is 77.3 cm³/mol. The molecular formula is C15H11N3O3. The van der Waals surface area contributed by atoms with Crippen molar-refractivity contribution in [2.24, 2.45) is 0 Å². The lowest BCUT2D eigenvalue weighted by molar-refractivity contribution is -0.384. The van der Waals surface area contributed by atoms with Gasteiger partial charge in [-0.3, -0.25) is 14.9 Å². The Labute approximate surface area is 119 Å². The van der Waals surface area contributed by atoms with Gasteiger partial charge in [-0.1, -0.05) is 18.2 Å². The van der Waals surface area contributed by atoms with Gasteiger partial charge in [-0.15, -0.1) is 0 Å². The summed E-state index contributed by atoms with van der Waals surface area (Å²) in [5, 5.41) is 15.3. The third-order valence-electron chi connectivity index (χ3n) is 3.22. The smallest absolute Gasteiger partial charge is 0.270 e. The fourth-order valence-electron chi connectivity index (χ4n) is 2.31. The van der Waals surface area contributed by atoms with Crippen molar-refractivity contribution in [2.45, 2.75) is 6.92 Å². The average Bonchev–Trinajstić information content (AvgIpc) is 2.87. The fraction of sp³-hybridized carbons (Fsp3) is 0.0667. The molecule has 104 valence electrons. The molecule has 2 aromatic heterocycles. The summed E-state index contributed by atoms with van der Waals surface area (Å²) in [6.45, 7) is 1.46. The molecule has 21 heavy (non-hydrogen) atoms. The molecule has 3 aromatic rings. The maximum atomic E-state index is 11.9. The van der Waals surface area contributed by atoms with E-state index in [1.807, 2.05) is 6.07 Å². The number of nitrogens with zero attached hydrogens (tertiary/aromatic N) is 3. The number of hydrogen-bond acceptors (Lipinski definition) is 4. The Bertz CT molecular complexity index is 867. The molecule has 1 aromatic carbocycles. The number of pyridine rings is 1. The number of benzene rings is 1. The van der Waals surface area contributed by atoms with Crippen molar-refractivity contribution in [2.75, 3.05) is 0 Å². The highest BCUT2D eigenvalue weighted by Crippen LogP contribution is 2.28. The molecule has 0 fully saturated rings. The lowest BCUT2D eigenvalue weighted by Crippen LogP contribution is -1.95. The van der Waals surface area contributed by atoms with Gasteiger partial charge < -0.3 is 0 Å². The topological polar surface area (TPSA) is 77.5 Å². The molecule has 3 rings (SSSR count). The first-order chi connectivity index (χ1) is 10.1. The van der Waals surface area contributed by atoms with E-state index in [0.717, 1.165) is 0 Å². The maximum Gasteiger partial charge on any atom is 0.270 e. The van der Waals surface area contributed by atoms with Gasteiger partial charge in [0.15, 0.2) is 5.78 Å². The summed E-state index contributed by atoms with van der Waals surface area (Å²) < 4.78 is 1.60. The van der Waals surface area contributed by atoms with Crippen LogP contribution in [0.4, 0.5) is 5.69 Å². The standard InChI is InChI=1S/C15H11N3O3/c1-10(19)14-13-7-2-3-8-17(13)16-15(14)11-5-4-6-12(9-11)18(20)21/h2-9H,1H3. The normalized spacial score (nSPS) is 10.7. The van der Waals surface area contributed by atoms with E-state index >= 15 is 0 Å². The van der Waals surface area contributed by atoms with Crippen LogP contribution in [-0.4, -0.2) is 20.3 Å². The highest BCUT2D eigenvalue weighted by molar-refractivity contribution is 6.06. The van der Waals surface area contributed by atoms with Crippen LogP contribution in [0.25, 0.3) is 16.8 Å². The number of aromatic nitrogens is 2. The molecule has 0 N–H and O–H groups in total. The van der Waals surface area contributed by atoms with Crippen molar-refractivity contribution in [3.63, 3.8) is 0 Å². The van der Waals surface area contributed by atoms with Gasteiger partial charge in [-0.2, -0.15) is 5.10 Å². The van der Waals surface area contributed by atoms with Crippen LogP contribution in [0.5, 0.6) is 0 Å². The fourth-order valence-corrected chi connectivity index (χ4v) is 2.31. The monoisotopic (exact) mass is 281 g/mol. The van der Waals surface area contributed by atoms with Gasteiger partial charge in [-0.25, -0.2) is 4.52 Å². The SMILES string of the molecule is CC(=O)c1c(-c2cccc([N+](=O)[O-])c2)nn2ccccc12. The minimum atomic E-state index is -0.466. The van der Waals surface area contributed by atoms with Crippen molar-refractivity contribution in [3.8, 4) is 11.3 Å². The van der Waals surface area contributed by atoms with E-state index in [4.69, 9.17) is 0 Å². The summed E-state index contributed by atoms with van der Waals surface area (Å²) in [6, 6.07) is 11.6. The van der Waals surface area contributed by atoms with E-state index < -0.39 is 4.92 Å². The highest BCUT2D eigenvalue weighted by Gasteiger charge is 2.19. The summed E-state index contributed by atoms with van der Waals surface area (Å²) >= 11 is 0. The molecule has 0 aliphatic rings. The number of ketones is 1. The second kappa shape index (κ2) is 4.82. The van der Waals surface area contributed by atoms with Crippen molar-refractivity contribution >= 4 is 17.0 Å². The number of carbonyl (C=O) groups excluding carboxylic acids is 1. The molecule has 0 radical (unpaired) electrons. The Morgan fingerprint density at radius 2 is 2.05 bits per heavy atom. The van der Waals surface area contributed by atoms with Gasteiger partial charge in [-0.05, 0) is 19.1 Å². The zero-order valence-electron chi connectivity index (χ0n) is 11.2. The first kappa shape index (κ1) is 13.0. The van der Waals surface area contributed by atoms with E-state index in [9.17, 15) is 14.9 Å². The number of hydrogen-bond donors (Lipinski definition) is 0. The number of rotatable bonds is 3. The molecule has 6 nitrogen and oxygen atoms in total. The van der Waals surface area contributed by atoms with Gasteiger partial charge in [0.25, 0.3) is 5.69 Å². The Morgan fingerprint density at radius 3 is 2.76 bits per heavy atom. The van der Waals surface area contributed by atoms with Crippen molar-refractivity contribution in [3.05, 3.63) is 64.3 Å². The molecule has 0 bridgehead atoms. The summed E-state index contributed by atoms with van der Waals surface area (Å²) in [4.78, 5) is 22.4. The van der Waals surface area contributed by atoms with E-state index in [0.29, 0.717) is 22.3 Å². The molecule has 0 aliphatic heterocycles. The average molecular weight is 281 g/mol. The quantitative estimate of drug-likeness (QED) is 0.420. The van der Waals surface area contributed by atoms with Gasteiger partial charge >= 0.3 is 0 Å². The lowest BCUT2D eigenvalue weighted by atomic mass is 10.0. The Balaban J connectivity index is 2.29. The molecule has 6 heteroatoms. The third kappa shape index (κ3) is 2.16. The highest BCUT2D eigenvalue weighted by atomic mass is 16.6. The maximum absolute atomic E-state index is 11.9. The lowest BCUT2D eigenvalue weighted by Gasteiger charge is -2.00. The van der Waals surface area contributed by atoms with Crippen LogP contribution >= 0.6 is 0 Å². The second-order valence-corrected chi connectivity index (χ2v) is 4.62. The van der Waals surface area contributed by atoms with Crippen LogP contribution < -0.4 is 0 Å². The first-order valence-corrected chi connectivity index (χ1v) is 6.31. The molecule has 0 atom stereocenters. The summed E-state index contributed by atoms with van der Waals surface area (Å²) in [7, 11) is 0. The Kier molecular flexibility index (Phi) is 2.98. The molecule has 0 aliphatic carbocycles. The van der Waals surface area contributed by atoms with E-state index in [1.165, 1.54) is 19.1 Å². The molecule has 0 unspecified atom stereocenters. The largest absolute Gasteiger partial charge is 0.294 e. The van der Waals surface area contributed by atoms with Crippen molar-refractivity contribution < 1.29 is 9.72 Å². The molecular weight excluding hydrogens is 270 g/mol. The summed E-state index contributed by atoms with van der Waals surface area (Å²) in [5.74, 6) is -0.127. The minimum absolute atomic E-state index is 0.0286. The molecule has 2 heterocycles. The number of non-ortho nitro benzene ring substituents is 1. The van der Waals surface area contributed by atoms with Gasteiger partial charge in [0.05, 0.1) is 16.0 Å². The number of nitro groups is 1. The third-order valence-corrected chi connectivity index (χ3v) is 3.22. The van der Waals surface area contributed by atoms with Crippen LogP contribution in [0, 0.1) is 10.1 Å². The van der Waals surface area contributed by atoms with Crippen molar-refractivity contribution in [1.82, 2.24) is 9.61 Å². The number of Topliss-reactive ketones (excluding diaryl/α,β-unsaturated/α-hetero) is 1. The van der Waals surface area contributed by atoms with Gasteiger partial charge in [0, 0.05) is 23.9 Å². The van der Waals surface area contributed by atoms with Crippen LogP contribution in [0.1, 0.15) is 17.3 Å². The van der Waals surface area contributed by atoms with E-state index in [1.54, 1.807) is 35.0 Å². The van der Waals surface area contributed by atoms with Crippen LogP contribution in [0.2, 0.25) is 0 Å². The van der Waals surface area contributed by atoms with Gasteiger partial charge in [0.2, 0.25) is 0 Å². The zero-order chi connectivity index (χ0) is 15.0. The second-order valence-electron chi connectivity index (χ2n) is 4.62. The Hall–Kier alpha value is -3.02. The minimum Gasteiger partial charge on any atom is -0.294 e.